The van der Waals surface area contributed by atoms with Gasteiger partial charge in [0.05, 0.1) is 18.1 Å². The normalized spacial score (nSPS) is 17.1. The lowest BCUT2D eigenvalue weighted by molar-refractivity contribution is 0.409. The van der Waals surface area contributed by atoms with Gasteiger partial charge in [0, 0.05) is 17.8 Å². The van der Waals surface area contributed by atoms with Crippen molar-refractivity contribution in [2.75, 3.05) is 5.73 Å². The van der Waals surface area contributed by atoms with Gasteiger partial charge in [-0.1, -0.05) is 6.42 Å². The van der Waals surface area contributed by atoms with Gasteiger partial charge in [0.1, 0.15) is 0 Å². The van der Waals surface area contributed by atoms with Crippen molar-refractivity contribution >= 4 is 11.5 Å². The van der Waals surface area contributed by atoms with Crippen LogP contribution < -0.4 is 5.73 Å². The van der Waals surface area contributed by atoms with Crippen molar-refractivity contribution in [2.45, 2.75) is 25.2 Å². The molecule has 2 aromatic heterocycles. The first kappa shape index (κ1) is 7.79. The summed E-state index contributed by atoms with van der Waals surface area (Å²) in [6.45, 7) is 0. The van der Waals surface area contributed by atoms with Gasteiger partial charge in [-0.25, -0.2) is 9.97 Å². The number of fused-ring (bicyclic) bond motifs is 1. The van der Waals surface area contributed by atoms with E-state index in [2.05, 4.69) is 9.97 Å². The molecule has 0 spiro atoms. The lowest BCUT2D eigenvalue weighted by Crippen LogP contribution is -2.11. The molecule has 14 heavy (non-hydrogen) atoms. The van der Waals surface area contributed by atoms with E-state index in [1.54, 1.807) is 6.20 Å². The highest BCUT2D eigenvalue weighted by molar-refractivity contribution is 5.41. The van der Waals surface area contributed by atoms with Gasteiger partial charge in [0.25, 0.3) is 0 Å². The minimum Gasteiger partial charge on any atom is -0.396 e. The molecule has 2 heterocycles. The summed E-state index contributed by atoms with van der Waals surface area (Å²) in [6, 6.07) is 0. The van der Waals surface area contributed by atoms with E-state index in [9.17, 15) is 0 Å². The van der Waals surface area contributed by atoms with Crippen LogP contribution >= 0.6 is 0 Å². The van der Waals surface area contributed by atoms with E-state index in [0.717, 1.165) is 5.78 Å². The van der Waals surface area contributed by atoms with Crippen LogP contribution in [0, 0.1) is 0 Å². The van der Waals surface area contributed by atoms with Crippen molar-refractivity contribution < 1.29 is 0 Å². The maximum atomic E-state index is 5.70. The molecular formula is C10H12N4. The molecule has 4 heteroatoms. The smallest absolute Gasteiger partial charge is 0.234 e. The molecule has 1 aliphatic rings. The van der Waals surface area contributed by atoms with Crippen molar-refractivity contribution in [3.8, 4) is 0 Å². The zero-order valence-corrected chi connectivity index (χ0v) is 7.85. The van der Waals surface area contributed by atoms with Crippen molar-refractivity contribution in [3.63, 3.8) is 0 Å². The predicted octanol–water partition coefficient (Wildman–Crippen LogP) is 1.58. The van der Waals surface area contributed by atoms with E-state index in [4.69, 9.17) is 5.73 Å². The summed E-state index contributed by atoms with van der Waals surface area (Å²) in [6.07, 6.45) is 9.33. The summed E-state index contributed by atoms with van der Waals surface area (Å²) in [5.41, 5.74) is 7.65. The highest BCUT2D eigenvalue weighted by Gasteiger charge is 2.22. The molecule has 72 valence electrons. The fourth-order valence-electron chi connectivity index (χ4n) is 1.91. The fourth-order valence-corrected chi connectivity index (χ4v) is 1.91. The molecule has 2 N–H and O–H groups in total. The second kappa shape index (κ2) is 2.70. The van der Waals surface area contributed by atoms with Gasteiger partial charge in [0.15, 0.2) is 0 Å². The maximum absolute atomic E-state index is 5.70. The van der Waals surface area contributed by atoms with Crippen molar-refractivity contribution in [2.24, 2.45) is 0 Å². The molecule has 0 saturated heterocycles. The maximum Gasteiger partial charge on any atom is 0.234 e. The molecule has 1 saturated carbocycles. The zero-order chi connectivity index (χ0) is 9.54. The van der Waals surface area contributed by atoms with Crippen LogP contribution in [-0.2, 0) is 0 Å². The average Bonchev–Trinajstić information content (AvgIpc) is 2.46. The fraction of sp³-hybridized carbons (Fsp3) is 0.400. The van der Waals surface area contributed by atoms with Crippen LogP contribution in [0.2, 0.25) is 0 Å². The number of aromatic nitrogens is 3. The van der Waals surface area contributed by atoms with E-state index < -0.39 is 0 Å². The van der Waals surface area contributed by atoms with Gasteiger partial charge in [-0.2, -0.15) is 0 Å². The summed E-state index contributed by atoms with van der Waals surface area (Å²) in [4.78, 5) is 8.43. The van der Waals surface area contributed by atoms with E-state index in [1.807, 2.05) is 16.8 Å². The first-order valence-electron chi connectivity index (χ1n) is 4.93. The molecule has 3 rings (SSSR count). The molecule has 0 radical (unpaired) electrons. The zero-order valence-electron chi connectivity index (χ0n) is 7.85. The Morgan fingerprint density at radius 3 is 2.79 bits per heavy atom. The van der Waals surface area contributed by atoms with E-state index in [-0.39, 0.29) is 0 Å². The summed E-state index contributed by atoms with van der Waals surface area (Å²) >= 11 is 0. The molecule has 0 bridgehead atoms. The first-order valence-corrected chi connectivity index (χ1v) is 4.93. The molecule has 4 nitrogen and oxygen atoms in total. The Morgan fingerprint density at radius 2 is 2.07 bits per heavy atom. The van der Waals surface area contributed by atoms with Crippen LogP contribution in [-0.4, -0.2) is 14.4 Å². The van der Waals surface area contributed by atoms with Crippen LogP contribution in [0.15, 0.2) is 18.6 Å². The third-order valence-electron chi connectivity index (χ3n) is 2.94. The third kappa shape index (κ3) is 0.999. The van der Waals surface area contributed by atoms with Gasteiger partial charge < -0.3 is 5.73 Å². The Morgan fingerprint density at radius 1 is 1.29 bits per heavy atom. The monoisotopic (exact) mass is 188 g/mol. The largest absolute Gasteiger partial charge is 0.396 e. The van der Waals surface area contributed by atoms with E-state index in [0.29, 0.717) is 11.6 Å². The van der Waals surface area contributed by atoms with Gasteiger partial charge in [-0.05, 0) is 12.8 Å². The molecule has 2 aromatic rings. The van der Waals surface area contributed by atoms with Crippen LogP contribution in [0.25, 0.3) is 5.78 Å². The summed E-state index contributed by atoms with van der Waals surface area (Å²) < 4.78 is 2.01. The summed E-state index contributed by atoms with van der Waals surface area (Å²) in [5, 5.41) is 0. The Hall–Kier alpha value is -1.58. The van der Waals surface area contributed by atoms with E-state index in [1.165, 1.54) is 25.0 Å². The first-order chi connectivity index (χ1) is 6.84. The number of hydrogen-bond acceptors (Lipinski definition) is 3. The van der Waals surface area contributed by atoms with Crippen molar-refractivity contribution in [1.29, 1.82) is 0 Å². The minimum atomic E-state index is 0.661. The van der Waals surface area contributed by atoms with Gasteiger partial charge in [-0.3, -0.25) is 4.40 Å². The molecular weight excluding hydrogens is 176 g/mol. The third-order valence-corrected chi connectivity index (χ3v) is 2.94. The predicted molar refractivity (Wildman–Crippen MR) is 54.0 cm³/mol. The minimum absolute atomic E-state index is 0.661. The topological polar surface area (TPSA) is 56.2 Å². The standard InChI is InChI=1S/C10H12N4/c11-8-4-12-10-13-5-9(14(10)6-8)7-2-1-3-7/h4-7H,1-3,11H2. The van der Waals surface area contributed by atoms with Crippen molar-refractivity contribution in [1.82, 2.24) is 14.4 Å². The number of rotatable bonds is 1. The summed E-state index contributed by atoms with van der Waals surface area (Å²) in [7, 11) is 0. The molecule has 0 amide bonds. The summed E-state index contributed by atoms with van der Waals surface area (Å²) in [5.74, 6) is 1.41. The SMILES string of the molecule is Nc1cnc2ncc(C3CCC3)n2c1. The van der Waals surface area contributed by atoms with Crippen LogP contribution in [0.1, 0.15) is 30.9 Å². The molecule has 0 aliphatic heterocycles. The highest BCUT2D eigenvalue weighted by Crippen LogP contribution is 2.36. The number of hydrogen-bond donors (Lipinski definition) is 1. The van der Waals surface area contributed by atoms with E-state index >= 15 is 0 Å². The number of nitrogens with two attached hydrogens (primary N) is 1. The molecule has 0 atom stereocenters. The van der Waals surface area contributed by atoms with Crippen LogP contribution in [0.5, 0.6) is 0 Å². The highest BCUT2D eigenvalue weighted by atomic mass is 15.1. The quantitative estimate of drug-likeness (QED) is 0.739. The number of nitrogen functional groups attached to an aromatic ring is 1. The van der Waals surface area contributed by atoms with Crippen LogP contribution in [0.4, 0.5) is 5.69 Å². The Kier molecular flexibility index (Phi) is 1.50. The molecule has 0 unspecified atom stereocenters. The Balaban J connectivity index is 2.18. The number of nitrogens with zero attached hydrogens (tertiary/aromatic N) is 3. The van der Waals surface area contributed by atoms with Gasteiger partial charge >= 0.3 is 0 Å². The number of imidazole rings is 1. The number of anilines is 1. The average molecular weight is 188 g/mol. The van der Waals surface area contributed by atoms with Gasteiger partial charge in [0.2, 0.25) is 5.78 Å². The Labute approximate surface area is 81.8 Å². The molecule has 1 aliphatic carbocycles. The van der Waals surface area contributed by atoms with Crippen molar-refractivity contribution in [3.05, 3.63) is 24.3 Å². The second-order valence-corrected chi connectivity index (χ2v) is 3.87. The molecule has 0 aromatic carbocycles. The Bertz CT molecular complexity index is 470. The lowest BCUT2D eigenvalue weighted by Gasteiger charge is -2.24. The molecule has 1 fully saturated rings. The lowest BCUT2D eigenvalue weighted by atomic mass is 9.83. The van der Waals surface area contributed by atoms with Gasteiger partial charge in [-0.15, -0.1) is 0 Å². The van der Waals surface area contributed by atoms with Crippen LogP contribution in [0.3, 0.4) is 0 Å². The second-order valence-electron chi connectivity index (χ2n) is 3.87.